The van der Waals surface area contributed by atoms with Crippen LogP contribution in [0.2, 0.25) is 0 Å². The second-order valence-corrected chi connectivity index (χ2v) is 6.02. The Hall–Kier alpha value is -1.15. The zero-order chi connectivity index (χ0) is 12.0. The van der Waals surface area contributed by atoms with Gasteiger partial charge in [-0.25, -0.2) is 17.5 Å². The van der Waals surface area contributed by atoms with E-state index in [0.717, 1.165) is 0 Å². The van der Waals surface area contributed by atoms with E-state index < -0.39 is 39.3 Å². The van der Waals surface area contributed by atoms with E-state index >= 15 is 0 Å². The minimum absolute atomic E-state index is 0.218. The van der Waals surface area contributed by atoms with Crippen molar-refractivity contribution < 1.29 is 28.2 Å². The van der Waals surface area contributed by atoms with Gasteiger partial charge in [-0.2, -0.15) is 0 Å². The first-order valence-corrected chi connectivity index (χ1v) is 5.54. The van der Waals surface area contributed by atoms with Crippen LogP contribution < -0.4 is 0 Å². The zero-order valence-electron chi connectivity index (χ0n) is 8.17. The minimum Gasteiger partial charge on any atom is -0.480 e. The van der Waals surface area contributed by atoms with Crippen molar-refractivity contribution in [2.24, 2.45) is 0 Å². The highest BCUT2D eigenvalue weighted by atomic mass is 32.2. The minimum atomic E-state index is -3.96. The topological polar surface area (TPSA) is 112 Å². The van der Waals surface area contributed by atoms with Gasteiger partial charge in [0.15, 0.2) is 10.8 Å². The molecule has 0 aromatic carbocycles. The van der Waals surface area contributed by atoms with Crippen molar-refractivity contribution in [3.05, 3.63) is 0 Å². The highest BCUT2D eigenvalue weighted by Gasteiger charge is 2.63. The molecule has 8 heteroatoms. The summed E-state index contributed by atoms with van der Waals surface area (Å²) >= 11 is 0. The maximum atomic E-state index is 11.5. The predicted octanol–water partition coefficient (Wildman–Crippen LogP) is -1.62. The number of carboxylic acid groups (broad SMARTS) is 1. The van der Waals surface area contributed by atoms with Crippen LogP contribution in [0.25, 0.3) is 0 Å². The molecule has 2 N–H and O–H groups in total. The van der Waals surface area contributed by atoms with Crippen molar-refractivity contribution in [3.8, 4) is 0 Å². The van der Waals surface area contributed by atoms with E-state index in [0.29, 0.717) is 0 Å². The average Bonchev–Trinajstić information content (AvgIpc) is 2.11. The molecular weight excluding hydrogens is 226 g/mol. The summed E-state index contributed by atoms with van der Waals surface area (Å²) in [5.41, 5.74) is 0. The molecule has 1 atom stereocenters. The van der Waals surface area contributed by atoms with Gasteiger partial charge < -0.3 is 10.2 Å². The third-order valence-electron chi connectivity index (χ3n) is 2.36. The summed E-state index contributed by atoms with van der Waals surface area (Å²) in [5, 5.41) is 17.3. The third-order valence-corrected chi connectivity index (χ3v) is 4.76. The molecule has 0 bridgehead atoms. The number of carbonyl (C=O) groups is 2. The van der Waals surface area contributed by atoms with Gasteiger partial charge in [-0.1, -0.05) is 0 Å². The van der Waals surface area contributed by atoms with Crippen LogP contribution in [-0.4, -0.2) is 52.2 Å². The number of aliphatic carboxylic acids is 1. The van der Waals surface area contributed by atoms with Gasteiger partial charge in [-0.15, -0.1) is 0 Å². The number of amides is 1. The fraction of sp³-hybridized carbons (Fsp3) is 0.714. The molecule has 1 amide bonds. The third kappa shape index (κ3) is 1.32. The number of nitrogens with zero attached hydrogens (tertiary/aromatic N) is 1. The molecule has 1 saturated heterocycles. The second-order valence-electron chi connectivity index (χ2n) is 3.65. The number of carboxylic acids is 1. The monoisotopic (exact) mass is 237 g/mol. The van der Waals surface area contributed by atoms with Crippen molar-refractivity contribution in [1.82, 2.24) is 4.31 Å². The molecule has 1 unspecified atom stereocenters. The summed E-state index contributed by atoms with van der Waals surface area (Å²) in [5.74, 6) is -2.37. The van der Waals surface area contributed by atoms with Crippen LogP contribution in [0.1, 0.15) is 13.8 Å². The number of aliphatic hydroxyl groups excluding tert-OH is 1. The lowest BCUT2D eigenvalue weighted by molar-refractivity contribution is -0.150. The quantitative estimate of drug-likeness (QED) is 0.610. The van der Waals surface area contributed by atoms with Crippen LogP contribution >= 0.6 is 0 Å². The first-order chi connectivity index (χ1) is 6.67. The number of aliphatic hydroxyl groups is 1. The first kappa shape index (κ1) is 11.9. The van der Waals surface area contributed by atoms with Crippen LogP contribution in [0.4, 0.5) is 0 Å². The van der Waals surface area contributed by atoms with Crippen LogP contribution in [-0.2, 0) is 19.6 Å². The molecule has 0 saturated carbocycles. The maximum absolute atomic E-state index is 11.5. The Kier molecular flexibility index (Phi) is 2.52. The van der Waals surface area contributed by atoms with Gasteiger partial charge >= 0.3 is 5.97 Å². The van der Waals surface area contributed by atoms with Crippen LogP contribution in [0.15, 0.2) is 0 Å². The van der Waals surface area contributed by atoms with E-state index in [9.17, 15) is 18.0 Å². The molecular formula is C7H11NO6S. The van der Waals surface area contributed by atoms with E-state index in [-0.39, 0.29) is 4.31 Å². The van der Waals surface area contributed by atoms with E-state index in [4.69, 9.17) is 10.2 Å². The van der Waals surface area contributed by atoms with Crippen molar-refractivity contribution >= 4 is 21.9 Å². The molecule has 0 aromatic rings. The van der Waals surface area contributed by atoms with Crippen molar-refractivity contribution in [3.63, 3.8) is 0 Å². The number of hydrogen-bond donors (Lipinski definition) is 2. The van der Waals surface area contributed by atoms with Gasteiger partial charge in [0.2, 0.25) is 0 Å². The number of rotatable bonds is 3. The predicted molar refractivity (Wildman–Crippen MR) is 48.4 cm³/mol. The molecule has 0 aliphatic carbocycles. The van der Waals surface area contributed by atoms with Crippen LogP contribution in [0, 0.1) is 0 Å². The number of sulfonamides is 1. The number of carbonyl (C=O) groups excluding carboxylic acids is 1. The lowest BCUT2D eigenvalue weighted by atomic mass is 10.1. The summed E-state index contributed by atoms with van der Waals surface area (Å²) < 4.78 is 21.6. The highest BCUT2D eigenvalue weighted by molar-refractivity contribution is 7.94. The SMILES string of the molecule is CC1(C)C(=O)N(C(CO)C(=O)O)S1(=O)=O. The summed E-state index contributed by atoms with van der Waals surface area (Å²) in [6.45, 7) is 1.45. The molecule has 1 fully saturated rings. The van der Waals surface area contributed by atoms with Crippen molar-refractivity contribution in [2.45, 2.75) is 24.6 Å². The van der Waals surface area contributed by atoms with E-state index in [2.05, 4.69) is 0 Å². The number of hydrogen-bond acceptors (Lipinski definition) is 5. The molecule has 7 nitrogen and oxygen atoms in total. The average molecular weight is 237 g/mol. The molecule has 1 heterocycles. The molecule has 0 radical (unpaired) electrons. The van der Waals surface area contributed by atoms with Gasteiger partial charge in [-0.3, -0.25) is 4.79 Å². The Morgan fingerprint density at radius 3 is 2.27 bits per heavy atom. The maximum Gasteiger partial charge on any atom is 0.330 e. The van der Waals surface area contributed by atoms with Gasteiger partial charge in [0, 0.05) is 0 Å². The lowest BCUT2D eigenvalue weighted by Gasteiger charge is -2.45. The van der Waals surface area contributed by atoms with Crippen molar-refractivity contribution in [2.75, 3.05) is 6.61 Å². The van der Waals surface area contributed by atoms with E-state index in [1.54, 1.807) is 0 Å². The van der Waals surface area contributed by atoms with Gasteiger partial charge in [-0.05, 0) is 13.8 Å². The highest BCUT2D eigenvalue weighted by Crippen LogP contribution is 2.36. The Morgan fingerprint density at radius 1 is 1.53 bits per heavy atom. The summed E-state index contributed by atoms with van der Waals surface area (Å²) in [7, 11) is -3.96. The molecule has 1 aliphatic rings. The Bertz CT molecular complexity index is 411. The van der Waals surface area contributed by atoms with Gasteiger partial charge in [0.05, 0.1) is 6.61 Å². The first-order valence-electron chi connectivity index (χ1n) is 4.10. The summed E-state index contributed by atoms with van der Waals surface area (Å²) in [6.07, 6.45) is 0. The van der Waals surface area contributed by atoms with E-state index in [1.165, 1.54) is 13.8 Å². The molecule has 0 spiro atoms. The normalized spacial score (nSPS) is 24.5. The molecule has 15 heavy (non-hydrogen) atoms. The van der Waals surface area contributed by atoms with Crippen molar-refractivity contribution in [1.29, 1.82) is 0 Å². The van der Waals surface area contributed by atoms with Gasteiger partial charge in [0.25, 0.3) is 15.9 Å². The van der Waals surface area contributed by atoms with Crippen LogP contribution in [0.5, 0.6) is 0 Å². The summed E-state index contributed by atoms with van der Waals surface area (Å²) in [6, 6.07) is -1.73. The Morgan fingerprint density at radius 2 is 2.00 bits per heavy atom. The molecule has 1 aliphatic heterocycles. The Labute approximate surface area is 86.4 Å². The van der Waals surface area contributed by atoms with Gasteiger partial charge in [0.1, 0.15) is 0 Å². The molecule has 86 valence electrons. The van der Waals surface area contributed by atoms with Crippen LogP contribution in [0.3, 0.4) is 0 Å². The second kappa shape index (κ2) is 3.17. The summed E-state index contributed by atoms with van der Waals surface area (Å²) in [4.78, 5) is 22.0. The fourth-order valence-electron chi connectivity index (χ4n) is 1.25. The zero-order valence-corrected chi connectivity index (χ0v) is 8.98. The van der Waals surface area contributed by atoms with E-state index in [1.807, 2.05) is 0 Å². The largest absolute Gasteiger partial charge is 0.480 e. The smallest absolute Gasteiger partial charge is 0.330 e. The standard InChI is InChI=1S/C7H11NO6S/c1-7(2)6(12)8(15(7,13)14)4(3-9)5(10)11/h4,9H,3H2,1-2H3,(H,10,11). The molecule has 1 rings (SSSR count). The molecule has 0 aromatic heterocycles. The fourth-order valence-corrected chi connectivity index (χ4v) is 2.87. The lowest BCUT2D eigenvalue weighted by Crippen LogP contribution is -2.71. The Balaban J connectivity index is 3.12.